The van der Waals surface area contributed by atoms with Crippen molar-refractivity contribution in [2.75, 3.05) is 39.6 Å². The first-order valence-corrected chi connectivity index (χ1v) is 7.15. The average Bonchev–Trinajstić information content (AvgIpc) is 2.35. The van der Waals surface area contributed by atoms with Crippen molar-refractivity contribution in [1.82, 2.24) is 0 Å². The number of ether oxygens (including phenoxy) is 3. The van der Waals surface area contributed by atoms with E-state index in [4.69, 9.17) is 14.2 Å². The van der Waals surface area contributed by atoms with Crippen LogP contribution in [0.5, 0.6) is 0 Å². The second kappa shape index (κ2) is 15.9. The van der Waals surface area contributed by atoms with Crippen LogP contribution in [0.4, 0.5) is 0 Å². The fraction of sp³-hybridized carbons (Fsp3) is 1.00. The maximum Gasteiger partial charge on any atom is 0.0488 e. The second-order valence-electron chi connectivity index (χ2n) is 4.25. The van der Waals surface area contributed by atoms with Crippen LogP contribution < -0.4 is 0 Å². The zero-order chi connectivity index (χ0) is 12.6. The lowest BCUT2D eigenvalue weighted by Gasteiger charge is -2.06. The van der Waals surface area contributed by atoms with Gasteiger partial charge in [0.1, 0.15) is 0 Å². The highest BCUT2D eigenvalue weighted by molar-refractivity contribution is 4.39. The van der Waals surface area contributed by atoms with Crippen LogP contribution in [-0.2, 0) is 14.2 Å². The Morgan fingerprint density at radius 1 is 0.471 bits per heavy atom. The zero-order valence-electron chi connectivity index (χ0n) is 11.7. The summed E-state index contributed by atoms with van der Waals surface area (Å²) < 4.78 is 16.4. The summed E-state index contributed by atoms with van der Waals surface area (Å²) in [6, 6.07) is 0. The van der Waals surface area contributed by atoms with Gasteiger partial charge in [-0.1, -0.05) is 26.7 Å². The van der Waals surface area contributed by atoms with Crippen LogP contribution >= 0.6 is 0 Å². The molecule has 0 aromatic heterocycles. The average molecular weight is 246 g/mol. The second-order valence-corrected chi connectivity index (χ2v) is 4.25. The lowest BCUT2D eigenvalue weighted by Crippen LogP contribution is -2.05. The third-order valence-corrected chi connectivity index (χ3v) is 2.44. The molecule has 0 radical (unpaired) electrons. The minimum Gasteiger partial charge on any atom is -0.381 e. The predicted molar refractivity (Wildman–Crippen MR) is 71.5 cm³/mol. The molecule has 17 heavy (non-hydrogen) atoms. The Balaban J connectivity index is 2.85. The van der Waals surface area contributed by atoms with E-state index in [1.165, 1.54) is 12.8 Å². The van der Waals surface area contributed by atoms with Crippen LogP contribution in [0.25, 0.3) is 0 Å². The molecule has 0 aliphatic heterocycles. The Kier molecular flexibility index (Phi) is 15.8. The normalized spacial score (nSPS) is 10.9. The van der Waals surface area contributed by atoms with Gasteiger partial charge in [-0.3, -0.25) is 0 Å². The molecule has 0 atom stereocenters. The van der Waals surface area contributed by atoms with Crippen molar-refractivity contribution in [2.24, 2.45) is 0 Å². The first-order valence-electron chi connectivity index (χ1n) is 7.15. The van der Waals surface area contributed by atoms with Crippen molar-refractivity contribution in [3.63, 3.8) is 0 Å². The van der Waals surface area contributed by atoms with Crippen LogP contribution in [0, 0.1) is 0 Å². The SMILES string of the molecule is CCCCOCCCOCCCOCCCC. The number of hydrogen-bond acceptors (Lipinski definition) is 3. The maximum absolute atomic E-state index is 5.49. The summed E-state index contributed by atoms with van der Waals surface area (Å²) in [6.45, 7) is 9.40. The van der Waals surface area contributed by atoms with E-state index < -0.39 is 0 Å². The Labute approximate surface area is 107 Å². The lowest BCUT2D eigenvalue weighted by atomic mass is 10.4. The lowest BCUT2D eigenvalue weighted by molar-refractivity contribution is 0.0623. The third kappa shape index (κ3) is 15.9. The molecule has 0 aliphatic carbocycles. The Hall–Kier alpha value is -0.120. The van der Waals surface area contributed by atoms with Gasteiger partial charge in [0, 0.05) is 39.6 Å². The third-order valence-electron chi connectivity index (χ3n) is 2.44. The van der Waals surface area contributed by atoms with Gasteiger partial charge in [-0.2, -0.15) is 0 Å². The fourth-order valence-corrected chi connectivity index (χ4v) is 1.33. The molecule has 104 valence electrons. The van der Waals surface area contributed by atoms with E-state index in [0.717, 1.165) is 65.3 Å². The molecular formula is C14H30O3. The Morgan fingerprint density at radius 3 is 1.06 bits per heavy atom. The molecular weight excluding hydrogens is 216 g/mol. The molecule has 3 nitrogen and oxygen atoms in total. The van der Waals surface area contributed by atoms with Gasteiger partial charge in [-0.15, -0.1) is 0 Å². The van der Waals surface area contributed by atoms with Gasteiger partial charge in [0.2, 0.25) is 0 Å². The highest BCUT2D eigenvalue weighted by Gasteiger charge is 1.92. The standard InChI is InChI=1S/C14H30O3/c1-3-5-9-15-11-7-13-17-14-8-12-16-10-6-4-2/h3-14H2,1-2H3. The van der Waals surface area contributed by atoms with Crippen LogP contribution in [0.3, 0.4) is 0 Å². The van der Waals surface area contributed by atoms with Crippen molar-refractivity contribution in [3.8, 4) is 0 Å². The van der Waals surface area contributed by atoms with Gasteiger partial charge in [0.25, 0.3) is 0 Å². The first kappa shape index (κ1) is 16.9. The molecule has 0 heterocycles. The summed E-state index contributed by atoms with van der Waals surface area (Å²) in [5, 5.41) is 0. The van der Waals surface area contributed by atoms with Crippen LogP contribution in [-0.4, -0.2) is 39.6 Å². The first-order chi connectivity index (χ1) is 8.41. The highest BCUT2D eigenvalue weighted by Crippen LogP contribution is 1.93. The largest absolute Gasteiger partial charge is 0.381 e. The molecule has 3 heteroatoms. The summed E-state index contributed by atoms with van der Waals surface area (Å²) in [6.07, 6.45) is 6.73. The molecule has 0 saturated heterocycles. The van der Waals surface area contributed by atoms with Gasteiger partial charge < -0.3 is 14.2 Å². The van der Waals surface area contributed by atoms with E-state index in [0.29, 0.717) is 0 Å². The number of rotatable bonds is 14. The molecule has 0 aromatic rings. The molecule has 0 bridgehead atoms. The topological polar surface area (TPSA) is 27.7 Å². The van der Waals surface area contributed by atoms with Crippen molar-refractivity contribution in [3.05, 3.63) is 0 Å². The molecule has 0 rings (SSSR count). The molecule has 0 aromatic carbocycles. The summed E-state index contributed by atoms with van der Waals surface area (Å²) in [5.41, 5.74) is 0. The Bertz CT molecular complexity index is 115. The summed E-state index contributed by atoms with van der Waals surface area (Å²) in [5.74, 6) is 0. The maximum atomic E-state index is 5.49. The molecule has 0 spiro atoms. The van der Waals surface area contributed by atoms with Gasteiger partial charge >= 0.3 is 0 Å². The van der Waals surface area contributed by atoms with Crippen LogP contribution in [0.15, 0.2) is 0 Å². The van der Waals surface area contributed by atoms with E-state index in [1.807, 2.05) is 0 Å². The molecule has 0 fully saturated rings. The smallest absolute Gasteiger partial charge is 0.0488 e. The van der Waals surface area contributed by atoms with Gasteiger partial charge in [-0.05, 0) is 25.7 Å². The van der Waals surface area contributed by atoms with Crippen molar-refractivity contribution in [2.45, 2.75) is 52.4 Å². The summed E-state index contributed by atoms with van der Waals surface area (Å²) >= 11 is 0. The van der Waals surface area contributed by atoms with Crippen molar-refractivity contribution >= 4 is 0 Å². The molecule has 0 N–H and O–H groups in total. The zero-order valence-corrected chi connectivity index (χ0v) is 11.7. The Morgan fingerprint density at radius 2 is 0.765 bits per heavy atom. The summed E-state index contributed by atoms with van der Waals surface area (Å²) in [4.78, 5) is 0. The number of unbranched alkanes of at least 4 members (excludes halogenated alkanes) is 2. The molecule has 0 amide bonds. The van der Waals surface area contributed by atoms with Crippen LogP contribution in [0.1, 0.15) is 52.4 Å². The number of hydrogen-bond donors (Lipinski definition) is 0. The van der Waals surface area contributed by atoms with E-state index >= 15 is 0 Å². The minimum atomic E-state index is 0.807. The van der Waals surface area contributed by atoms with E-state index in [9.17, 15) is 0 Å². The fourth-order valence-electron chi connectivity index (χ4n) is 1.33. The minimum absolute atomic E-state index is 0.807. The van der Waals surface area contributed by atoms with Crippen molar-refractivity contribution < 1.29 is 14.2 Å². The van der Waals surface area contributed by atoms with Gasteiger partial charge in [-0.25, -0.2) is 0 Å². The molecule has 0 unspecified atom stereocenters. The van der Waals surface area contributed by atoms with Crippen LogP contribution in [0.2, 0.25) is 0 Å². The molecule has 0 saturated carbocycles. The van der Waals surface area contributed by atoms with E-state index in [-0.39, 0.29) is 0 Å². The predicted octanol–water partition coefficient (Wildman–Crippen LogP) is 3.42. The molecule has 0 aliphatic rings. The highest BCUT2D eigenvalue weighted by atomic mass is 16.5. The monoisotopic (exact) mass is 246 g/mol. The van der Waals surface area contributed by atoms with E-state index in [1.54, 1.807) is 0 Å². The quantitative estimate of drug-likeness (QED) is 0.440. The van der Waals surface area contributed by atoms with Crippen molar-refractivity contribution in [1.29, 1.82) is 0 Å². The van der Waals surface area contributed by atoms with Gasteiger partial charge in [0.05, 0.1) is 0 Å². The van der Waals surface area contributed by atoms with E-state index in [2.05, 4.69) is 13.8 Å². The van der Waals surface area contributed by atoms with Gasteiger partial charge in [0.15, 0.2) is 0 Å². The summed E-state index contributed by atoms with van der Waals surface area (Å²) in [7, 11) is 0.